The van der Waals surface area contributed by atoms with Gasteiger partial charge < -0.3 is 20.5 Å². The molecule has 1 spiro atoms. The third-order valence-corrected chi connectivity index (χ3v) is 7.90. The van der Waals surface area contributed by atoms with E-state index in [2.05, 4.69) is 22.8 Å². The fourth-order valence-corrected chi connectivity index (χ4v) is 6.01. The first-order chi connectivity index (χ1) is 16.4. The number of nitrogens with one attached hydrogen (secondary N) is 2. The molecule has 0 aliphatic heterocycles. The molecule has 7 heteroatoms. The van der Waals surface area contributed by atoms with Gasteiger partial charge in [0.25, 0.3) is 0 Å². The van der Waals surface area contributed by atoms with Gasteiger partial charge in [-0.2, -0.15) is 0 Å². The van der Waals surface area contributed by atoms with E-state index in [1.165, 1.54) is 0 Å². The minimum absolute atomic E-state index is 0.0732. The number of carbonyl (C=O) groups excluding carboxylic acids is 2. The maximum Gasteiger partial charge on any atom is 0.407 e. The zero-order valence-corrected chi connectivity index (χ0v) is 19.3. The van der Waals surface area contributed by atoms with E-state index < -0.39 is 29.6 Å². The zero-order valence-electron chi connectivity index (χ0n) is 19.3. The lowest BCUT2D eigenvalue weighted by molar-refractivity contribution is -0.166. The van der Waals surface area contributed by atoms with Crippen molar-refractivity contribution in [3.8, 4) is 11.1 Å². The molecule has 3 N–H and O–H groups in total. The van der Waals surface area contributed by atoms with Crippen molar-refractivity contribution in [2.75, 3.05) is 6.61 Å². The van der Waals surface area contributed by atoms with Crippen LogP contribution in [0.1, 0.15) is 62.5 Å². The third-order valence-electron chi connectivity index (χ3n) is 7.90. The number of alkyl carbamates (subject to hydrolysis) is 1. The van der Waals surface area contributed by atoms with Crippen LogP contribution in [0, 0.1) is 5.41 Å². The topological polar surface area (TPSA) is 105 Å². The highest BCUT2D eigenvalue weighted by molar-refractivity contribution is 5.92. The summed E-state index contributed by atoms with van der Waals surface area (Å²) in [4.78, 5) is 37.4. The highest BCUT2D eigenvalue weighted by Gasteiger charge is 2.62. The van der Waals surface area contributed by atoms with Gasteiger partial charge in [-0.3, -0.25) is 4.79 Å². The van der Waals surface area contributed by atoms with Gasteiger partial charge in [-0.05, 0) is 59.8 Å². The Kier molecular flexibility index (Phi) is 5.58. The van der Waals surface area contributed by atoms with Crippen molar-refractivity contribution < 1.29 is 24.2 Å². The van der Waals surface area contributed by atoms with Crippen LogP contribution in [0.3, 0.4) is 0 Å². The normalized spacial score (nSPS) is 19.7. The summed E-state index contributed by atoms with van der Waals surface area (Å²) < 4.78 is 5.55. The summed E-state index contributed by atoms with van der Waals surface area (Å²) in [5.41, 5.74) is 3.35. The molecule has 2 fully saturated rings. The van der Waals surface area contributed by atoms with Crippen molar-refractivity contribution in [3.05, 3.63) is 59.7 Å². The Morgan fingerprint density at radius 2 is 1.62 bits per heavy atom. The largest absolute Gasteiger partial charge is 0.480 e. The Labute approximate surface area is 198 Å². The second-order valence-corrected chi connectivity index (χ2v) is 10.0. The first-order valence-corrected chi connectivity index (χ1v) is 12.0. The molecule has 1 atom stereocenters. The van der Waals surface area contributed by atoms with Gasteiger partial charge in [0.2, 0.25) is 5.91 Å². The van der Waals surface area contributed by atoms with Crippen molar-refractivity contribution in [3.63, 3.8) is 0 Å². The number of fused-ring (bicyclic) bond motifs is 3. The Balaban J connectivity index is 1.20. The van der Waals surface area contributed by atoms with E-state index in [9.17, 15) is 19.5 Å². The van der Waals surface area contributed by atoms with Gasteiger partial charge >= 0.3 is 12.1 Å². The predicted molar refractivity (Wildman–Crippen MR) is 126 cm³/mol. The van der Waals surface area contributed by atoms with Gasteiger partial charge in [-0.25, -0.2) is 9.59 Å². The van der Waals surface area contributed by atoms with Crippen LogP contribution >= 0.6 is 0 Å². The van der Waals surface area contributed by atoms with Gasteiger partial charge in [0, 0.05) is 5.92 Å². The lowest BCUT2D eigenvalue weighted by Gasteiger charge is -2.59. The standard InChI is InChI=1S/C27H30N2O5/c1-2-22(23(30)29-27(24(31)32)15-26(16-27)12-7-13-26)28-25(33)34-14-21-19-10-5-3-8-17(19)18-9-4-6-11-20(18)21/h3-6,8-11,21-22H,2,7,12-16H2,1H3,(H,28,33)(H,29,30)(H,31,32). The maximum absolute atomic E-state index is 12.9. The SMILES string of the molecule is CCC(NC(=O)OCC1c2ccccc2-c2ccccc21)C(=O)NC1(C(=O)O)CC2(CCC2)C1. The third kappa shape index (κ3) is 3.73. The van der Waals surface area contributed by atoms with E-state index in [0.717, 1.165) is 41.5 Å². The molecule has 2 aromatic rings. The minimum atomic E-state index is -1.23. The van der Waals surface area contributed by atoms with Crippen LogP contribution in [-0.4, -0.2) is 41.3 Å². The number of amides is 2. The first kappa shape index (κ1) is 22.4. The lowest BCUT2D eigenvalue weighted by Crippen LogP contribution is -2.69. The van der Waals surface area contributed by atoms with Crippen LogP contribution in [0.2, 0.25) is 0 Å². The fraction of sp³-hybridized carbons (Fsp3) is 0.444. The molecule has 34 heavy (non-hydrogen) atoms. The average molecular weight is 463 g/mol. The number of carboxylic acid groups (broad SMARTS) is 1. The number of rotatable bonds is 7. The Morgan fingerprint density at radius 3 is 2.12 bits per heavy atom. The van der Waals surface area contributed by atoms with E-state index in [0.29, 0.717) is 19.3 Å². The number of carbonyl (C=O) groups is 3. The van der Waals surface area contributed by atoms with E-state index in [1.54, 1.807) is 6.92 Å². The second kappa shape index (κ2) is 8.46. The molecule has 7 nitrogen and oxygen atoms in total. The first-order valence-electron chi connectivity index (χ1n) is 12.0. The summed E-state index contributed by atoms with van der Waals surface area (Å²) in [6.45, 7) is 1.93. The average Bonchev–Trinajstić information content (AvgIpc) is 3.10. The second-order valence-electron chi connectivity index (χ2n) is 10.0. The van der Waals surface area contributed by atoms with E-state index in [4.69, 9.17) is 4.74 Å². The molecular formula is C27H30N2O5. The van der Waals surface area contributed by atoms with Gasteiger partial charge in [-0.15, -0.1) is 0 Å². The summed E-state index contributed by atoms with van der Waals surface area (Å²) in [6, 6.07) is 15.3. The van der Waals surface area contributed by atoms with Crippen LogP contribution < -0.4 is 10.6 Å². The van der Waals surface area contributed by atoms with E-state index in [-0.39, 0.29) is 17.9 Å². The summed E-state index contributed by atoms with van der Waals surface area (Å²) >= 11 is 0. The highest BCUT2D eigenvalue weighted by Crippen LogP contribution is 2.60. The molecule has 178 valence electrons. The minimum Gasteiger partial charge on any atom is -0.480 e. The quantitative estimate of drug-likeness (QED) is 0.572. The molecule has 2 saturated carbocycles. The fourth-order valence-electron chi connectivity index (χ4n) is 6.01. The van der Waals surface area contributed by atoms with Gasteiger partial charge in [0.05, 0.1) is 0 Å². The van der Waals surface area contributed by atoms with Crippen LogP contribution in [0.5, 0.6) is 0 Å². The van der Waals surface area contributed by atoms with Crippen LogP contribution in [0.4, 0.5) is 4.79 Å². The number of hydrogen-bond acceptors (Lipinski definition) is 4. The highest BCUT2D eigenvalue weighted by atomic mass is 16.5. The molecule has 0 aromatic heterocycles. The number of carboxylic acids is 1. The Hall–Kier alpha value is -3.35. The molecular weight excluding hydrogens is 432 g/mol. The number of ether oxygens (including phenoxy) is 1. The Bertz CT molecular complexity index is 1090. The molecule has 1 unspecified atom stereocenters. The van der Waals surface area contributed by atoms with Crippen molar-refractivity contribution in [2.24, 2.45) is 5.41 Å². The zero-order chi connectivity index (χ0) is 23.9. The number of hydrogen-bond donors (Lipinski definition) is 3. The Morgan fingerprint density at radius 1 is 1.03 bits per heavy atom. The van der Waals surface area contributed by atoms with Gasteiger partial charge in [0.15, 0.2) is 0 Å². The van der Waals surface area contributed by atoms with Crippen molar-refractivity contribution >= 4 is 18.0 Å². The van der Waals surface area contributed by atoms with Crippen molar-refractivity contribution in [1.82, 2.24) is 10.6 Å². The molecule has 0 bridgehead atoms. The molecule has 2 amide bonds. The van der Waals surface area contributed by atoms with Crippen LogP contribution in [0.25, 0.3) is 11.1 Å². The molecule has 3 aliphatic carbocycles. The molecule has 0 radical (unpaired) electrons. The molecule has 3 aliphatic rings. The van der Waals surface area contributed by atoms with Gasteiger partial charge in [-0.1, -0.05) is 61.9 Å². The van der Waals surface area contributed by atoms with Crippen LogP contribution in [0.15, 0.2) is 48.5 Å². The lowest BCUT2D eigenvalue weighted by atomic mass is 9.48. The van der Waals surface area contributed by atoms with Crippen molar-refractivity contribution in [1.29, 1.82) is 0 Å². The van der Waals surface area contributed by atoms with Crippen molar-refractivity contribution in [2.45, 2.75) is 62.9 Å². The molecule has 0 saturated heterocycles. The van der Waals surface area contributed by atoms with Gasteiger partial charge in [0.1, 0.15) is 18.2 Å². The summed E-state index contributed by atoms with van der Waals surface area (Å²) in [5.74, 6) is -1.56. The monoisotopic (exact) mass is 462 g/mol. The molecule has 5 rings (SSSR count). The van der Waals surface area contributed by atoms with E-state index in [1.807, 2.05) is 36.4 Å². The van der Waals surface area contributed by atoms with Crippen LogP contribution in [-0.2, 0) is 14.3 Å². The summed E-state index contributed by atoms with van der Waals surface area (Å²) in [7, 11) is 0. The van der Waals surface area contributed by atoms with E-state index >= 15 is 0 Å². The summed E-state index contributed by atoms with van der Waals surface area (Å²) in [6.07, 6.45) is 3.73. The smallest absolute Gasteiger partial charge is 0.407 e. The summed E-state index contributed by atoms with van der Waals surface area (Å²) in [5, 5.41) is 15.1. The number of aliphatic carboxylic acids is 1. The molecule has 2 aromatic carbocycles. The molecule has 0 heterocycles. The number of benzene rings is 2. The predicted octanol–water partition coefficient (Wildman–Crippen LogP) is 4.21. The maximum atomic E-state index is 12.9.